The summed E-state index contributed by atoms with van der Waals surface area (Å²) in [5.74, 6) is 0.0495. The number of rotatable bonds is 4. The second-order valence-corrected chi connectivity index (χ2v) is 4.94. The molecule has 1 amide bonds. The summed E-state index contributed by atoms with van der Waals surface area (Å²) in [6, 6.07) is 16.3. The van der Waals surface area contributed by atoms with Crippen LogP contribution in [0, 0.1) is 0 Å². The molecule has 2 aromatic carbocycles. The van der Waals surface area contributed by atoms with Crippen molar-refractivity contribution < 1.29 is 9.90 Å². The Morgan fingerprint density at radius 2 is 1.71 bits per heavy atom. The SMILES string of the molecule is O=C(CCc1ccccc1)NC(=S)Nc1ccc(O)cc1. The Bertz CT molecular complexity index is 612. The average Bonchev–Trinajstić information content (AvgIpc) is 2.48. The molecule has 0 heterocycles. The number of hydrogen-bond acceptors (Lipinski definition) is 3. The van der Waals surface area contributed by atoms with Crippen molar-refractivity contribution in [3.63, 3.8) is 0 Å². The van der Waals surface area contributed by atoms with Crippen LogP contribution in [0.4, 0.5) is 5.69 Å². The second-order valence-electron chi connectivity index (χ2n) is 4.53. The highest BCUT2D eigenvalue weighted by atomic mass is 32.1. The predicted molar refractivity (Wildman–Crippen MR) is 87.2 cm³/mol. The summed E-state index contributed by atoms with van der Waals surface area (Å²) >= 11 is 5.07. The minimum Gasteiger partial charge on any atom is -0.508 e. The van der Waals surface area contributed by atoms with Crippen molar-refractivity contribution in [1.82, 2.24) is 5.32 Å². The lowest BCUT2D eigenvalue weighted by Gasteiger charge is -2.09. The van der Waals surface area contributed by atoms with E-state index in [9.17, 15) is 9.90 Å². The van der Waals surface area contributed by atoms with Crippen molar-refractivity contribution in [3.8, 4) is 5.75 Å². The minimum absolute atomic E-state index is 0.130. The molecule has 4 nitrogen and oxygen atoms in total. The summed E-state index contributed by atoms with van der Waals surface area (Å²) in [4.78, 5) is 11.8. The number of carbonyl (C=O) groups is 1. The average molecular weight is 300 g/mol. The molecule has 0 fully saturated rings. The first-order valence-corrected chi connectivity index (χ1v) is 6.98. The lowest BCUT2D eigenvalue weighted by molar-refractivity contribution is -0.119. The second kappa shape index (κ2) is 7.40. The molecule has 0 atom stereocenters. The highest BCUT2D eigenvalue weighted by molar-refractivity contribution is 7.80. The van der Waals surface area contributed by atoms with Crippen LogP contribution < -0.4 is 10.6 Å². The molecule has 0 bridgehead atoms. The van der Waals surface area contributed by atoms with Gasteiger partial charge in [-0.3, -0.25) is 4.79 Å². The first kappa shape index (κ1) is 15.0. The Labute approximate surface area is 128 Å². The van der Waals surface area contributed by atoms with Crippen molar-refractivity contribution in [3.05, 3.63) is 60.2 Å². The molecular formula is C16H16N2O2S. The number of phenolic OH excluding ortho intramolecular Hbond substituents is 1. The number of carbonyl (C=O) groups excluding carboxylic acids is 1. The predicted octanol–water partition coefficient (Wildman–Crippen LogP) is 2.84. The summed E-state index contributed by atoms with van der Waals surface area (Å²) in [5.41, 5.74) is 1.83. The Morgan fingerprint density at radius 3 is 2.38 bits per heavy atom. The number of anilines is 1. The molecule has 0 spiro atoms. The number of amides is 1. The molecule has 0 aliphatic heterocycles. The molecule has 0 saturated heterocycles. The van der Waals surface area contributed by atoms with Crippen LogP contribution in [-0.4, -0.2) is 16.1 Å². The van der Waals surface area contributed by atoms with Gasteiger partial charge in [0.2, 0.25) is 5.91 Å². The van der Waals surface area contributed by atoms with Gasteiger partial charge in [-0.15, -0.1) is 0 Å². The van der Waals surface area contributed by atoms with Crippen LogP contribution in [0.25, 0.3) is 0 Å². The monoisotopic (exact) mass is 300 g/mol. The van der Waals surface area contributed by atoms with Gasteiger partial charge >= 0.3 is 0 Å². The fourth-order valence-corrected chi connectivity index (χ4v) is 2.03. The van der Waals surface area contributed by atoms with Crippen LogP contribution in [0.1, 0.15) is 12.0 Å². The van der Waals surface area contributed by atoms with E-state index in [4.69, 9.17) is 12.2 Å². The van der Waals surface area contributed by atoms with Crippen LogP contribution >= 0.6 is 12.2 Å². The molecule has 0 aromatic heterocycles. The number of aromatic hydroxyl groups is 1. The Hall–Kier alpha value is -2.40. The Kier molecular flexibility index (Phi) is 5.29. The quantitative estimate of drug-likeness (QED) is 0.600. The van der Waals surface area contributed by atoms with E-state index >= 15 is 0 Å². The van der Waals surface area contributed by atoms with Crippen LogP contribution in [-0.2, 0) is 11.2 Å². The van der Waals surface area contributed by atoms with E-state index in [-0.39, 0.29) is 16.8 Å². The minimum atomic E-state index is -0.130. The molecule has 5 heteroatoms. The first-order chi connectivity index (χ1) is 10.1. The van der Waals surface area contributed by atoms with E-state index in [0.717, 1.165) is 5.56 Å². The van der Waals surface area contributed by atoms with E-state index in [1.807, 2.05) is 30.3 Å². The molecule has 0 aliphatic carbocycles. The van der Waals surface area contributed by atoms with E-state index in [1.54, 1.807) is 24.3 Å². The molecule has 0 radical (unpaired) electrons. The zero-order valence-electron chi connectivity index (χ0n) is 11.4. The standard InChI is InChI=1S/C16H16N2O2S/c19-14-9-7-13(8-10-14)17-16(21)18-15(20)11-6-12-4-2-1-3-5-12/h1-5,7-10,19H,6,11H2,(H2,17,18,20,21). The number of benzene rings is 2. The Morgan fingerprint density at radius 1 is 1.05 bits per heavy atom. The van der Waals surface area contributed by atoms with Gasteiger partial charge in [-0.05, 0) is 48.5 Å². The summed E-state index contributed by atoms with van der Waals surface area (Å²) in [5, 5.41) is 15.0. The lowest BCUT2D eigenvalue weighted by atomic mass is 10.1. The Balaban J connectivity index is 1.77. The van der Waals surface area contributed by atoms with Gasteiger partial charge in [0.15, 0.2) is 5.11 Å². The van der Waals surface area contributed by atoms with Crippen LogP contribution in [0.2, 0.25) is 0 Å². The normalized spacial score (nSPS) is 9.90. The van der Waals surface area contributed by atoms with Crippen molar-refractivity contribution in [2.75, 3.05) is 5.32 Å². The largest absolute Gasteiger partial charge is 0.508 e. The van der Waals surface area contributed by atoms with Gasteiger partial charge in [0.1, 0.15) is 5.75 Å². The number of hydrogen-bond donors (Lipinski definition) is 3. The third-order valence-corrected chi connectivity index (χ3v) is 3.07. The maximum absolute atomic E-state index is 11.8. The van der Waals surface area contributed by atoms with Crippen molar-refractivity contribution >= 4 is 28.9 Å². The first-order valence-electron chi connectivity index (χ1n) is 6.57. The molecular weight excluding hydrogens is 284 g/mol. The van der Waals surface area contributed by atoms with Gasteiger partial charge in [0.05, 0.1) is 0 Å². The summed E-state index contributed by atoms with van der Waals surface area (Å²) in [6.07, 6.45) is 1.05. The fraction of sp³-hybridized carbons (Fsp3) is 0.125. The molecule has 2 rings (SSSR count). The topological polar surface area (TPSA) is 61.4 Å². The van der Waals surface area contributed by atoms with Crippen molar-refractivity contribution in [2.24, 2.45) is 0 Å². The molecule has 0 saturated carbocycles. The fourth-order valence-electron chi connectivity index (χ4n) is 1.80. The molecule has 0 aliphatic rings. The lowest BCUT2D eigenvalue weighted by Crippen LogP contribution is -2.34. The van der Waals surface area contributed by atoms with Crippen molar-refractivity contribution in [1.29, 1.82) is 0 Å². The smallest absolute Gasteiger partial charge is 0.226 e. The molecule has 2 aromatic rings. The van der Waals surface area contributed by atoms with Crippen LogP contribution in [0.5, 0.6) is 5.75 Å². The van der Waals surface area contributed by atoms with Gasteiger partial charge in [-0.1, -0.05) is 30.3 Å². The van der Waals surface area contributed by atoms with E-state index in [0.29, 0.717) is 18.5 Å². The highest BCUT2D eigenvalue weighted by Gasteiger charge is 2.05. The zero-order valence-corrected chi connectivity index (χ0v) is 12.2. The van der Waals surface area contributed by atoms with Gasteiger partial charge < -0.3 is 15.7 Å². The molecule has 108 valence electrons. The maximum Gasteiger partial charge on any atom is 0.226 e. The van der Waals surface area contributed by atoms with Gasteiger partial charge in [0, 0.05) is 12.1 Å². The van der Waals surface area contributed by atoms with E-state index < -0.39 is 0 Å². The van der Waals surface area contributed by atoms with Crippen LogP contribution in [0.3, 0.4) is 0 Å². The number of nitrogens with one attached hydrogen (secondary N) is 2. The van der Waals surface area contributed by atoms with Gasteiger partial charge in [-0.25, -0.2) is 0 Å². The summed E-state index contributed by atoms with van der Waals surface area (Å²) in [7, 11) is 0. The van der Waals surface area contributed by atoms with E-state index in [1.165, 1.54) is 0 Å². The zero-order chi connectivity index (χ0) is 15.1. The molecule has 0 unspecified atom stereocenters. The number of phenols is 1. The third-order valence-electron chi connectivity index (χ3n) is 2.86. The maximum atomic E-state index is 11.8. The van der Waals surface area contributed by atoms with Crippen molar-refractivity contribution in [2.45, 2.75) is 12.8 Å². The highest BCUT2D eigenvalue weighted by Crippen LogP contribution is 2.13. The van der Waals surface area contributed by atoms with Gasteiger partial charge in [-0.2, -0.15) is 0 Å². The third kappa shape index (κ3) is 5.24. The molecule has 21 heavy (non-hydrogen) atoms. The van der Waals surface area contributed by atoms with E-state index in [2.05, 4.69) is 10.6 Å². The summed E-state index contributed by atoms with van der Waals surface area (Å²) < 4.78 is 0. The van der Waals surface area contributed by atoms with Crippen LogP contribution in [0.15, 0.2) is 54.6 Å². The van der Waals surface area contributed by atoms with Gasteiger partial charge in [0.25, 0.3) is 0 Å². The number of thiocarbonyl (C=S) groups is 1. The molecule has 3 N–H and O–H groups in total. The summed E-state index contributed by atoms with van der Waals surface area (Å²) in [6.45, 7) is 0. The number of aryl methyl sites for hydroxylation is 1.